The van der Waals surface area contributed by atoms with Crippen molar-refractivity contribution in [1.82, 2.24) is 10.2 Å². The van der Waals surface area contributed by atoms with Crippen molar-refractivity contribution in [2.75, 3.05) is 6.54 Å². The van der Waals surface area contributed by atoms with Crippen LogP contribution in [-0.4, -0.2) is 46.6 Å². The Labute approximate surface area is 210 Å². The number of nitrogens with one attached hydrogen (secondary N) is 1. The van der Waals surface area contributed by atoms with Gasteiger partial charge in [-0.05, 0) is 35.2 Å². The summed E-state index contributed by atoms with van der Waals surface area (Å²) >= 11 is 0. The van der Waals surface area contributed by atoms with Gasteiger partial charge in [0.2, 0.25) is 11.8 Å². The van der Waals surface area contributed by atoms with Gasteiger partial charge in [-0.15, -0.1) is 0 Å². The van der Waals surface area contributed by atoms with Crippen molar-refractivity contribution >= 4 is 11.8 Å². The van der Waals surface area contributed by atoms with Crippen molar-refractivity contribution in [3.8, 4) is 0 Å². The molecule has 3 aromatic carbocycles. The summed E-state index contributed by atoms with van der Waals surface area (Å²) in [5.41, 5.74) is 8.56. The summed E-state index contributed by atoms with van der Waals surface area (Å²) in [6.45, 7) is 2.05. The summed E-state index contributed by atoms with van der Waals surface area (Å²) in [6, 6.07) is 22.5. The van der Waals surface area contributed by atoms with Gasteiger partial charge in [0.1, 0.15) is 11.9 Å². The Hall–Kier alpha value is -3.55. The Morgan fingerprint density at radius 2 is 1.56 bits per heavy atom. The molecule has 0 bridgehead atoms. The third-order valence-electron chi connectivity index (χ3n) is 6.78. The normalized spacial score (nSPS) is 20.4. The zero-order valence-electron chi connectivity index (χ0n) is 20.3. The van der Waals surface area contributed by atoms with Gasteiger partial charge in [-0.1, -0.05) is 86.1 Å². The van der Waals surface area contributed by atoms with Crippen LogP contribution in [0, 0.1) is 5.82 Å². The van der Waals surface area contributed by atoms with Gasteiger partial charge < -0.3 is 21.1 Å². The fourth-order valence-corrected chi connectivity index (χ4v) is 4.90. The molecule has 6 nitrogen and oxygen atoms in total. The zero-order chi connectivity index (χ0) is 25.7. The molecule has 0 saturated carbocycles. The van der Waals surface area contributed by atoms with Crippen molar-refractivity contribution < 1.29 is 19.1 Å². The number of amides is 2. The maximum Gasteiger partial charge on any atom is 0.246 e. The van der Waals surface area contributed by atoms with E-state index in [-0.39, 0.29) is 12.5 Å². The van der Waals surface area contributed by atoms with Crippen molar-refractivity contribution in [2.24, 2.45) is 5.73 Å². The van der Waals surface area contributed by atoms with E-state index in [1.54, 1.807) is 12.1 Å². The van der Waals surface area contributed by atoms with Crippen LogP contribution in [0.4, 0.5) is 4.39 Å². The first kappa shape index (κ1) is 25.5. The Morgan fingerprint density at radius 1 is 1.00 bits per heavy atom. The molecule has 188 valence electrons. The fraction of sp³-hybridized carbons (Fsp3) is 0.310. The van der Waals surface area contributed by atoms with E-state index in [9.17, 15) is 19.1 Å². The highest BCUT2D eigenvalue weighted by Gasteiger charge is 2.48. The van der Waals surface area contributed by atoms with Crippen molar-refractivity contribution in [3.05, 3.63) is 107 Å². The molecule has 2 amide bonds. The average molecular weight is 490 g/mol. The predicted molar refractivity (Wildman–Crippen MR) is 136 cm³/mol. The molecule has 36 heavy (non-hydrogen) atoms. The van der Waals surface area contributed by atoms with Gasteiger partial charge >= 0.3 is 0 Å². The van der Waals surface area contributed by atoms with Gasteiger partial charge in [0.15, 0.2) is 0 Å². The van der Waals surface area contributed by atoms with Crippen LogP contribution < -0.4 is 11.1 Å². The minimum atomic E-state index is -1.18. The van der Waals surface area contributed by atoms with Gasteiger partial charge in [-0.2, -0.15) is 0 Å². The number of hydrogen-bond acceptors (Lipinski definition) is 4. The van der Waals surface area contributed by atoms with Crippen LogP contribution in [0.15, 0.2) is 84.9 Å². The van der Waals surface area contributed by atoms with E-state index < -0.39 is 41.9 Å². The second-order valence-electron chi connectivity index (χ2n) is 9.24. The molecule has 1 aliphatic rings. The molecule has 0 aliphatic carbocycles. The number of carbonyl (C=O) groups excluding carboxylic acids is 2. The number of nitrogens with zero attached hydrogens (tertiary/aromatic N) is 1. The molecular formula is C29H32FN3O3. The first-order valence-electron chi connectivity index (χ1n) is 12.3. The Morgan fingerprint density at radius 3 is 2.08 bits per heavy atom. The number of hydrogen-bond donors (Lipinski definition) is 3. The SMILES string of the molecule is CCC[C@H](N)C(=O)N1CC(c2ccc(F)cc2)[C@@H](O)[C@H]1C(=O)NC(c1ccccc1)c1ccccc1. The molecule has 4 N–H and O–H groups in total. The van der Waals surface area contributed by atoms with Gasteiger partial charge in [-0.3, -0.25) is 9.59 Å². The molecule has 0 spiro atoms. The third kappa shape index (κ3) is 5.48. The number of benzene rings is 3. The lowest BCUT2D eigenvalue weighted by Gasteiger charge is -2.29. The molecule has 4 atom stereocenters. The summed E-state index contributed by atoms with van der Waals surface area (Å²) < 4.78 is 13.5. The maximum absolute atomic E-state index is 13.8. The highest BCUT2D eigenvalue weighted by Crippen LogP contribution is 2.34. The minimum Gasteiger partial charge on any atom is -0.390 e. The lowest BCUT2D eigenvalue weighted by atomic mass is 9.92. The largest absolute Gasteiger partial charge is 0.390 e. The lowest BCUT2D eigenvalue weighted by Crippen LogP contribution is -2.54. The first-order chi connectivity index (χ1) is 17.4. The second kappa shape index (κ2) is 11.5. The quantitative estimate of drug-likeness (QED) is 0.451. The van der Waals surface area contributed by atoms with Gasteiger partial charge in [-0.25, -0.2) is 4.39 Å². The summed E-state index contributed by atoms with van der Waals surface area (Å²) in [5.74, 6) is -1.79. The maximum atomic E-state index is 13.8. The van der Waals surface area contributed by atoms with Crippen LogP contribution in [0.2, 0.25) is 0 Å². The van der Waals surface area contributed by atoms with Crippen LogP contribution >= 0.6 is 0 Å². The lowest BCUT2D eigenvalue weighted by molar-refractivity contribution is -0.141. The number of halogens is 1. The van der Waals surface area contributed by atoms with Crippen molar-refractivity contribution in [3.63, 3.8) is 0 Å². The van der Waals surface area contributed by atoms with E-state index in [2.05, 4.69) is 5.32 Å². The highest BCUT2D eigenvalue weighted by atomic mass is 19.1. The van der Waals surface area contributed by atoms with Crippen molar-refractivity contribution in [2.45, 2.75) is 49.9 Å². The minimum absolute atomic E-state index is 0.114. The van der Waals surface area contributed by atoms with Gasteiger partial charge in [0.05, 0.1) is 18.2 Å². The monoisotopic (exact) mass is 489 g/mol. The first-order valence-corrected chi connectivity index (χ1v) is 12.3. The van der Waals surface area contributed by atoms with Crippen LogP contribution in [0.25, 0.3) is 0 Å². The molecule has 3 aromatic rings. The topological polar surface area (TPSA) is 95.7 Å². The van der Waals surface area contributed by atoms with Crippen LogP contribution in [0.3, 0.4) is 0 Å². The Bertz CT molecular complexity index is 1120. The van der Waals surface area contributed by atoms with E-state index in [0.29, 0.717) is 18.4 Å². The predicted octanol–water partition coefficient (Wildman–Crippen LogP) is 3.51. The smallest absolute Gasteiger partial charge is 0.246 e. The summed E-state index contributed by atoms with van der Waals surface area (Å²) in [5, 5.41) is 14.4. The number of likely N-dealkylation sites (tertiary alicyclic amines) is 1. The summed E-state index contributed by atoms with van der Waals surface area (Å²) in [6.07, 6.45) is 0.00366. The molecule has 1 heterocycles. The van der Waals surface area contributed by atoms with E-state index in [0.717, 1.165) is 11.1 Å². The third-order valence-corrected chi connectivity index (χ3v) is 6.78. The van der Waals surface area contributed by atoms with E-state index in [1.165, 1.54) is 17.0 Å². The average Bonchev–Trinajstić information content (AvgIpc) is 3.25. The van der Waals surface area contributed by atoms with Gasteiger partial charge in [0.25, 0.3) is 0 Å². The number of rotatable bonds is 8. The molecule has 1 saturated heterocycles. The van der Waals surface area contributed by atoms with E-state index >= 15 is 0 Å². The van der Waals surface area contributed by atoms with Crippen LogP contribution in [0.5, 0.6) is 0 Å². The summed E-state index contributed by atoms with van der Waals surface area (Å²) in [4.78, 5) is 28.5. The second-order valence-corrected chi connectivity index (χ2v) is 9.24. The highest BCUT2D eigenvalue weighted by molar-refractivity contribution is 5.91. The van der Waals surface area contributed by atoms with E-state index in [1.807, 2.05) is 67.6 Å². The molecule has 0 aromatic heterocycles. The molecule has 0 radical (unpaired) electrons. The number of carbonyl (C=O) groups is 2. The number of aliphatic hydroxyl groups is 1. The van der Waals surface area contributed by atoms with E-state index in [4.69, 9.17) is 5.73 Å². The number of aliphatic hydroxyl groups excluding tert-OH is 1. The number of nitrogens with two attached hydrogens (primary N) is 1. The molecule has 7 heteroatoms. The van der Waals surface area contributed by atoms with Crippen LogP contribution in [0.1, 0.15) is 48.4 Å². The zero-order valence-corrected chi connectivity index (χ0v) is 20.3. The molecule has 1 fully saturated rings. The van der Waals surface area contributed by atoms with Crippen LogP contribution in [-0.2, 0) is 9.59 Å². The molecule has 1 aliphatic heterocycles. The Kier molecular flexibility index (Phi) is 8.13. The summed E-state index contributed by atoms with van der Waals surface area (Å²) in [7, 11) is 0. The Balaban J connectivity index is 1.67. The van der Waals surface area contributed by atoms with Crippen molar-refractivity contribution in [1.29, 1.82) is 0 Å². The standard InChI is InChI=1S/C29H32FN3O3/c1-2-9-24(31)29(36)33-18-23(19-14-16-22(30)17-15-19)27(34)26(33)28(35)32-25(20-10-5-3-6-11-20)21-12-7-4-8-13-21/h3-8,10-17,23-27,34H,2,9,18,31H2,1H3,(H,32,35)/t23?,24-,26-,27+/m0/s1. The molecule has 1 unspecified atom stereocenters. The fourth-order valence-electron chi connectivity index (χ4n) is 4.90. The van der Waals surface area contributed by atoms with Gasteiger partial charge in [0, 0.05) is 12.5 Å². The molecule has 4 rings (SSSR count). The molecular weight excluding hydrogens is 457 g/mol.